The molecule has 1 aromatic carbocycles. The molecule has 0 aliphatic carbocycles. The molecule has 90 valence electrons. The minimum atomic E-state index is -0.641. The first-order chi connectivity index (χ1) is 8.11. The summed E-state index contributed by atoms with van der Waals surface area (Å²) in [7, 11) is 0. The largest absolute Gasteiger partial charge is 0.338 e. The number of rotatable bonds is 4. The van der Waals surface area contributed by atoms with Crippen molar-refractivity contribution in [2.75, 3.05) is 13.1 Å². The van der Waals surface area contributed by atoms with Crippen LogP contribution in [0.4, 0.5) is 4.39 Å². The zero-order valence-electron chi connectivity index (χ0n) is 9.41. The summed E-state index contributed by atoms with van der Waals surface area (Å²) in [5, 5.41) is 8.57. The third-order valence-corrected chi connectivity index (χ3v) is 2.65. The lowest BCUT2D eigenvalue weighted by molar-refractivity contribution is 0.0763. The second-order valence-electron chi connectivity index (χ2n) is 3.39. The summed E-state index contributed by atoms with van der Waals surface area (Å²) in [4.78, 5) is 13.4. The lowest BCUT2D eigenvalue weighted by Gasteiger charge is -2.20. The highest BCUT2D eigenvalue weighted by Crippen LogP contribution is 2.20. The Bertz CT molecular complexity index is 436. The number of carbonyl (C=O) groups is 1. The Morgan fingerprint density at radius 1 is 1.59 bits per heavy atom. The zero-order valence-corrected chi connectivity index (χ0v) is 10.2. The molecule has 0 heterocycles. The van der Waals surface area contributed by atoms with Gasteiger partial charge in [0.2, 0.25) is 0 Å². The Morgan fingerprint density at radius 3 is 2.82 bits per heavy atom. The summed E-state index contributed by atoms with van der Waals surface area (Å²) in [6.07, 6.45) is 0.214. The van der Waals surface area contributed by atoms with Crippen LogP contribution in [0, 0.1) is 17.1 Å². The Labute approximate surface area is 104 Å². The van der Waals surface area contributed by atoms with Gasteiger partial charge in [-0.15, -0.1) is 0 Å². The average molecular weight is 255 g/mol. The molecular formula is C12H12ClFN2O. The summed E-state index contributed by atoms with van der Waals surface area (Å²) in [5.74, 6) is -1.12. The zero-order chi connectivity index (χ0) is 12.8. The van der Waals surface area contributed by atoms with Crippen molar-refractivity contribution in [3.05, 3.63) is 34.6 Å². The number of hydrogen-bond donors (Lipinski definition) is 0. The fraction of sp³-hybridized carbons (Fsp3) is 0.333. The van der Waals surface area contributed by atoms with Gasteiger partial charge in [-0.1, -0.05) is 17.7 Å². The van der Waals surface area contributed by atoms with Gasteiger partial charge in [-0.05, 0) is 19.1 Å². The van der Waals surface area contributed by atoms with Crippen molar-refractivity contribution in [2.45, 2.75) is 13.3 Å². The molecule has 0 aliphatic rings. The van der Waals surface area contributed by atoms with Gasteiger partial charge < -0.3 is 4.90 Å². The van der Waals surface area contributed by atoms with Crippen LogP contribution in [0.15, 0.2) is 18.2 Å². The van der Waals surface area contributed by atoms with Gasteiger partial charge >= 0.3 is 0 Å². The summed E-state index contributed by atoms with van der Waals surface area (Å²) in [6, 6.07) is 6.05. The van der Waals surface area contributed by atoms with Crippen molar-refractivity contribution in [1.29, 1.82) is 5.26 Å². The number of benzene rings is 1. The van der Waals surface area contributed by atoms with Gasteiger partial charge in [0.05, 0.1) is 23.1 Å². The minimum Gasteiger partial charge on any atom is -0.338 e. The Morgan fingerprint density at radius 2 is 2.29 bits per heavy atom. The van der Waals surface area contributed by atoms with E-state index < -0.39 is 11.7 Å². The highest BCUT2D eigenvalue weighted by molar-refractivity contribution is 6.33. The van der Waals surface area contributed by atoms with Crippen LogP contribution in [0.2, 0.25) is 5.02 Å². The van der Waals surface area contributed by atoms with Crippen molar-refractivity contribution in [1.82, 2.24) is 4.90 Å². The van der Waals surface area contributed by atoms with E-state index in [4.69, 9.17) is 16.9 Å². The van der Waals surface area contributed by atoms with Gasteiger partial charge in [0.1, 0.15) is 5.82 Å². The van der Waals surface area contributed by atoms with E-state index in [1.165, 1.54) is 23.1 Å². The third-order valence-electron chi connectivity index (χ3n) is 2.34. The molecule has 0 atom stereocenters. The Kier molecular flexibility index (Phi) is 4.92. The summed E-state index contributed by atoms with van der Waals surface area (Å²) < 4.78 is 13.5. The minimum absolute atomic E-state index is 0.0883. The first-order valence-corrected chi connectivity index (χ1v) is 5.59. The molecule has 1 rings (SSSR count). The van der Waals surface area contributed by atoms with Gasteiger partial charge in [0.25, 0.3) is 5.91 Å². The molecule has 1 amide bonds. The molecular weight excluding hydrogens is 243 g/mol. The summed E-state index contributed by atoms with van der Waals surface area (Å²) in [6.45, 7) is 2.45. The molecule has 0 aromatic heterocycles. The first kappa shape index (κ1) is 13.5. The Balaban J connectivity index is 2.98. The van der Waals surface area contributed by atoms with Gasteiger partial charge in [0.15, 0.2) is 0 Å². The number of halogens is 2. The molecule has 0 bridgehead atoms. The third kappa shape index (κ3) is 3.18. The van der Waals surface area contributed by atoms with Crippen LogP contribution >= 0.6 is 11.6 Å². The molecule has 0 N–H and O–H groups in total. The monoisotopic (exact) mass is 254 g/mol. The van der Waals surface area contributed by atoms with Crippen molar-refractivity contribution >= 4 is 17.5 Å². The molecule has 0 fully saturated rings. The molecule has 3 nitrogen and oxygen atoms in total. The van der Waals surface area contributed by atoms with Gasteiger partial charge in [-0.2, -0.15) is 5.26 Å². The first-order valence-electron chi connectivity index (χ1n) is 5.22. The number of nitriles is 1. The van der Waals surface area contributed by atoms with E-state index in [0.29, 0.717) is 6.54 Å². The molecule has 0 radical (unpaired) electrons. The highest BCUT2D eigenvalue weighted by Gasteiger charge is 2.20. The number of amides is 1. The van der Waals surface area contributed by atoms with Gasteiger partial charge in [-0.3, -0.25) is 4.79 Å². The lowest BCUT2D eigenvalue weighted by atomic mass is 10.1. The lowest BCUT2D eigenvalue weighted by Crippen LogP contribution is -2.32. The molecule has 1 aromatic rings. The second kappa shape index (κ2) is 6.21. The maximum Gasteiger partial charge on any atom is 0.258 e. The van der Waals surface area contributed by atoms with Gasteiger partial charge in [-0.25, -0.2) is 4.39 Å². The van der Waals surface area contributed by atoms with Crippen LogP contribution in [-0.2, 0) is 0 Å². The van der Waals surface area contributed by atoms with E-state index in [9.17, 15) is 9.18 Å². The number of nitrogens with zero attached hydrogens (tertiary/aromatic N) is 2. The number of carbonyl (C=O) groups excluding carboxylic acids is 1. The van der Waals surface area contributed by atoms with E-state index in [0.717, 1.165) is 0 Å². The maximum atomic E-state index is 13.5. The van der Waals surface area contributed by atoms with Crippen LogP contribution in [-0.4, -0.2) is 23.9 Å². The number of hydrogen-bond acceptors (Lipinski definition) is 2. The fourth-order valence-corrected chi connectivity index (χ4v) is 1.69. The van der Waals surface area contributed by atoms with Crippen molar-refractivity contribution in [2.24, 2.45) is 0 Å². The van der Waals surface area contributed by atoms with Crippen LogP contribution < -0.4 is 0 Å². The van der Waals surface area contributed by atoms with Crippen LogP contribution in [0.5, 0.6) is 0 Å². The Hall–Kier alpha value is -1.60. The maximum absolute atomic E-state index is 13.5. The second-order valence-corrected chi connectivity index (χ2v) is 3.80. The molecule has 0 saturated heterocycles. The predicted molar refractivity (Wildman–Crippen MR) is 63.2 cm³/mol. The van der Waals surface area contributed by atoms with E-state index in [2.05, 4.69) is 0 Å². The molecule has 0 saturated carbocycles. The molecule has 0 unspecified atom stereocenters. The summed E-state index contributed by atoms with van der Waals surface area (Å²) in [5.41, 5.74) is -0.131. The van der Waals surface area contributed by atoms with Crippen LogP contribution in [0.3, 0.4) is 0 Å². The van der Waals surface area contributed by atoms with Gasteiger partial charge in [0, 0.05) is 13.1 Å². The van der Waals surface area contributed by atoms with Crippen molar-refractivity contribution in [3.63, 3.8) is 0 Å². The predicted octanol–water partition coefficient (Wildman–Crippen LogP) is 2.85. The van der Waals surface area contributed by atoms with Crippen molar-refractivity contribution in [3.8, 4) is 6.07 Å². The standard InChI is InChI=1S/C12H12ClFN2O/c1-2-16(8-4-7-15)12(17)11-9(13)5-3-6-10(11)14/h3,5-6H,2,4,8H2,1H3. The molecule has 0 spiro atoms. The van der Waals surface area contributed by atoms with E-state index in [1.807, 2.05) is 6.07 Å². The van der Waals surface area contributed by atoms with E-state index >= 15 is 0 Å². The average Bonchev–Trinajstić information content (AvgIpc) is 2.30. The fourth-order valence-electron chi connectivity index (χ4n) is 1.45. The quantitative estimate of drug-likeness (QED) is 0.829. The van der Waals surface area contributed by atoms with Crippen LogP contribution in [0.1, 0.15) is 23.7 Å². The smallest absolute Gasteiger partial charge is 0.258 e. The molecule has 0 aliphatic heterocycles. The van der Waals surface area contributed by atoms with Crippen LogP contribution in [0.25, 0.3) is 0 Å². The van der Waals surface area contributed by atoms with E-state index in [1.54, 1.807) is 6.92 Å². The topological polar surface area (TPSA) is 44.1 Å². The van der Waals surface area contributed by atoms with E-state index in [-0.39, 0.29) is 23.6 Å². The molecule has 5 heteroatoms. The van der Waals surface area contributed by atoms with Crippen molar-refractivity contribution < 1.29 is 9.18 Å². The normalized spacial score (nSPS) is 9.76. The summed E-state index contributed by atoms with van der Waals surface area (Å²) >= 11 is 5.81. The molecule has 17 heavy (non-hydrogen) atoms. The highest BCUT2D eigenvalue weighted by atomic mass is 35.5. The SMILES string of the molecule is CCN(CCC#N)C(=O)c1c(F)cccc1Cl.